The number of nitrogens with one attached hydrogen (secondary N) is 1. The summed E-state index contributed by atoms with van der Waals surface area (Å²) < 4.78 is 10.9. The second kappa shape index (κ2) is 6.83. The maximum absolute atomic E-state index is 11.1. The molecule has 2 aromatic rings. The number of ether oxygens (including phenoxy) is 2. The third kappa shape index (κ3) is 3.63. The summed E-state index contributed by atoms with van der Waals surface area (Å²) in [5.41, 5.74) is 2.46. The van der Waals surface area contributed by atoms with E-state index in [0.29, 0.717) is 30.3 Å². The molecule has 1 aliphatic rings. The van der Waals surface area contributed by atoms with E-state index in [-0.39, 0.29) is 11.4 Å². The van der Waals surface area contributed by atoms with E-state index in [0.717, 1.165) is 12.1 Å². The van der Waals surface area contributed by atoms with Gasteiger partial charge < -0.3 is 9.47 Å². The number of hydrazone groups is 1. The molecule has 0 amide bonds. The molecule has 0 unspecified atom stereocenters. The first-order chi connectivity index (χ1) is 12.0. The predicted octanol–water partition coefficient (Wildman–Crippen LogP) is 2.72. The molecule has 2 aromatic carbocycles. The molecule has 0 atom stereocenters. The maximum atomic E-state index is 11.1. The Hall–Kier alpha value is -3.69. The van der Waals surface area contributed by atoms with Crippen LogP contribution in [0, 0.1) is 20.2 Å². The number of nitrogens with zero attached hydrogens (tertiary/aromatic N) is 3. The largest absolute Gasteiger partial charge is 0.486 e. The van der Waals surface area contributed by atoms with Crippen LogP contribution in [0.3, 0.4) is 0 Å². The van der Waals surface area contributed by atoms with Gasteiger partial charge in [0.2, 0.25) is 0 Å². The lowest BCUT2D eigenvalue weighted by Gasteiger charge is -2.18. The van der Waals surface area contributed by atoms with Crippen molar-refractivity contribution in [1.82, 2.24) is 0 Å². The van der Waals surface area contributed by atoms with Gasteiger partial charge in [0, 0.05) is 6.07 Å². The number of fused-ring (bicyclic) bond motifs is 1. The van der Waals surface area contributed by atoms with E-state index in [1.807, 2.05) is 0 Å². The summed E-state index contributed by atoms with van der Waals surface area (Å²) in [5, 5.41) is 25.7. The molecule has 0 aliphatic carbocycles. The van der Waals surface area contributed by atoms with E-state index in [4.69, 9.17) is 9.47 Å². The fourth-order valence-electron chi connectivity index (χ4n) is 2.20. The SMILES string of the molecule is O=[N+]([O-])c1ccc(N/N=C\c2ccc3c(c2)OCCO3)c([N+](=O)[O-])c1. The van der Waals surface area contributed by atoms with Crippen LogP contribution in [0.5, 0.6) is 11.5 Å². The van der Waals surface area contributed by atoms with Crippen LogP contribution in [0.25, 0.3) is 0 Å². The van der Waals surface area contributed by atoms with Crippen molar-refractivity contribution in [3.63, 3.8) is 0 Å². The first-order valence-electron chi connectivity index (χ1n) is 7.16. The molecule has 0 radical (unpaired) electrons. The molecule has 25 heavy (non-hydrogen) atoms. The molecule has 0 bridgehead atoms. The molecule has 0 saturated carbocycles. The Morgan fingerprint density at radius 1 is 1.00 bits per heavy atom. The van der Waals surface area contributed by atoms with Crippen LogP contribution >= 0.6 is 0 Å². The number of hydrogen-bond acceptors (Lipinski definition) is 8. The van der Waals surface area contributed by atoms with E-state index in [2.05, 4.69) is 10.5 Å². The Kier molecular flexibility index (Phi) is 4.42. The van der Waals surface area contributed by atoms with Crippen LogP contribution in [0.15, 0.2) is 41.5 Å². The zero-order valence-corrected chi connectivity index (χ0v) is 12.7. The van der Waals surface area contributed by atoms with Crippen LogP contribution < -0.4 is 14.9 Å². The van der Waals surface area contributed by atoms with Crippen LogP contribution in [0.2, 0.25) is 0 Å². The minimum absolute atomic E-state index is 0.0457. The molecule has 10 heteroatoms. The van der Waals surface area contributed by atoms with Crippen molar-refractivity contribution in [3.8, 4) is 11.5 Å². The van der Waals surface area contributed by atoms with Gasteiger partial charge in [0.05, 0.1) is 22.1 Å². The molecule has 0 fully saturated rings. The van der Waals surface area contributed by atoms with Crippen molar-refractivity contribution in [1.29, 1.82) is 0 Å². The lowest BCUT2D eigenvalue weighted by Crippen LogP contribution is -2.15. The molecular weight excluding hydrogens is 332 g/mol. The van der Waals surface area contributed by atoms with Crippen molar-refractivity contribution in [3.05, 3.63) is 62.2 Å². The summed E-state index contributed by atoms with van der Waals surface area (Å²) in [5.74, 6) is 1.24. The minimum Gasteiger partial charge on any atom is -0.486 e. The quantitative estimate of drug-likeness (QED) is 0.501. The molecule has 3 rings (SSSR count). The van der Waals surface area contributed by atoms with E-state index in [9.17, 15) is 20.2 Å². The zero-order valence-electron chi connectivity index (χ0n) is 12.7. The van der Waals surface area contributed by atoms with E-state index < -0.39 is 15.5 Å². The molecule has 0 spiro atoms. The first kappa shape index (κ1) is 16.2. The van der Waals surface area contributed by atoms with E-state index >= 15 is 0 Å². The number of nitro groups is 2. The highest BCUT2D eigenvalue weighted by Gasteiger charge is 2.19. The van der Waals surface area contributed by atoms with Crippen LogP contribution in [-0.2, 0) is 0 Å². The van der Waals surface area contributed by atoms with Gasteiger partial charge in [-0.1, -0.05) is 0 Å². The Balaban J connectivity index is 1.78. The third-order valence-electron chi connectivity index (χ3n) is 3.35. The summed E-state index contributed by atoms with van der Waals surface area (Å²) in [6.07, 6.45) is 1.45. The average molecular weight is 344 g/mol. The lowest BCUT2D eigenvalue weighted by molar-refractivity contribution is -0.393. The second-order valence-electron chi connectivity index (χ2n) is 4.99. The summed E-state index contributed by atoms with van der Waals surface area (Å²) in [7, 11) is 0. The maximum Gasteiger partial charge on any atom is 0.301 e. The van der Waals surface area contributed by atoms with Gasteiger partial charge in [-0.2, -0.15) is 5.10 Å². The number of anilines is 1. The van der Waals surface area contributed by atoms with Crippen LogP contribution in [0.1, 0.15) is 5.56 Å². The molecular formula is C15H12N4O6. The lowest BCUT2D eigenvalue weighted by atomic mass is 10.2. The first-order valence-corrected chi connectivity index (χ1v) is 7.16. The molecule has 1 N–H and O–H groups in total. The number of hydrogen-bond donors (Lipinski definition) is 1. The smallest absolute Gasteiger partial charge is 0.301 e. The zero-order chi connectivity index (χ0) is 17.8. The van der Waals surface area contributed by atoms with Crippen molar-refractivity contribution >= 4 is 23.3 Å². The second-order valence-corrected chi connectivity index (χ2v) is 4.99. The van der Waals surface area contributed by atoms with Crippen LogP contribution in [0.4, 0.5) is 17.1 Å². The molecule has 10 nitrogen and oxygen atoms in total. The van der Waals surface area contributed by atoms with E-state index in [1.165, 1.54) is 12.3 Å². The summed E-state index contributed by atoms with van der Waals surface area (Å²) in [6, 6.07) is 8.49. The average Bonchev–Trinajstić information content (AvgIpc) is 2.61. The molecule has 1 heterocycles. The monoisotopic (exact) mass is 344 g/mol. The minimum atomic E-state index is -0.713. The van der Waals surface area contributed by atoms with Gasteiger partial charge in [-0.05, 0) is 29.8 Å². The molecule has 1 aliphatic heterocycles. The Bertz CT molecular complexity index is 867. The van der Waals surface area contributed by atoms with Crippen molar-refractivity contribution in [2.45, 2.75) is 0 Å². The van der Waals surface area contributed by atoms with Crippen molar-refractivity contribution < 1.29 is 19.3 Å². The third-order valence-corrected chi connectivity index (χ3v) is 3.35. The Labute approximate surface area is 141 Å². The fourth-order valence-corrected chi connectivity index (χ4v) is 2.20. The van der Waals surface area contributed by atoms with Gasteiger partial charge >= 0.3 is 5.69 Å². The Morgan fingerprint density at radius 2 is 1.76 bits per heavy atom. The number of rotatable bonds is 5. The summed E-state index contributed by atoms with van der Waals surface area (Å²) in [4.78, 5) is 20.4. The topological polar surface area (TPSA) is 129 Å². The number of benzene rings is 2. The fraction of sp³-hybridized carbons (Fsp3) is 0.133. The number of nitro benzene ring substituents is 2. The summed E-state index contributed by atoms with van der Waals surface area (Å²) >= 11 is 0. The highest BCUT2D eigenvalue weighted by atomic mass is 16.6. The molecule has 128 valence electrons. The van der Waals surface area contributed by atoms with Gasteiger partial charge in [0.15, 0.2) is 11.5 Å². The highest BCUT2D eigenvalue weighted by molar-refractivity contribution is 5.82. The van der Waals surface area contributed by atoms with Gasteiger partial charge in [0.1, 0.15) is 18.9 Å². The van der Waals surface area contributed by atoms with Gasteiger partial charge in [-0.3, -0.25) is 25.7 Å². The van der Waals surface area contributed by atoms with Gasteiger partial charge in [-0.25, -0.2) is 0 Å². The van der Waals surface area contributed by atoms with Crippen LogP contribution in [-0.4, -0.2) is 29.3 Å². The molecule has 0 aromatic heterocycles. The normalized spacial score (nSPS) is 12.8. The van der Waals surface area contributed by atoms with Gasteiger partial charge in [0.25, 0.3) is 5.69 Å². The highest BCUT2D eigenvalue weighted by Crippen LogP contribution is 2.31. The van der Waals surface area contributed by atoms with Crippen molar-refractivity contribution in [2.24, 2.45) is 5.10 Å². The summed E-state index contributed by atoms with van der Waals surface area (Å²) in [6.45, 7) is 0.951. The number of non-ortho nitro benzene ring substituents is 1. The van der Waals surface area contributed by atoms with E-state index in [1.54, 1.807) is 18.2 Å². The molecule has 0 saturated heterocycles. The predicted molar refractivity (Wildman–Crippen MR) is 88.4 cm³/mol. The standard InChI is InChI=1S/C15H12N4O6/c20-18(21)11-2-3-12(13(8-11)19(22)23)17-16-9-10-1-4-14-15(7-10)25-6-5-24-14/h1-4,7-9,17H,5-6H2/b16-9-. The Morgan fingerprint density at radius 3 is 2.48 bits per heavy atom. The van der Waals surface area contributed by atoms with Gasteiger partial charge in [-0.15, -0.1) is 0 Å². The van der Waals surface area contributed by atoms with Crippen molar-refractivity contribution in [2.75, 3.05) is 18.6 Å².